The lowest BCUT2D eigenvalue weighted by atomic mass is 10.2. The first-order valence-corrected chi connectivity index (χ1v) is 8.55. The van der Waals surface area contributed by atoms with Crippen LogP contribution in [0.4, 0.5) is 10.5 Å². The number of nitrogens with two attached hydrogens (primary N) is 1. The van der Waals surface area contributed by atoms with Crippen LogP contribution in [0.25, 0.3) is 0 Å². The number of thiophene rings is 1. The van der Waals surface area contributed by atoms with E-state index in [4.69, 9.17) is 5.73 Å². The second-order valence-electron chi connectivity index (χ2n) is 5.66. The molecule has 1 saturated heterocycles. The quantitative estimate of drug-likeness (QED) is 0.597. The van der Waals surface area contributed by atoms with Gasteiger partial charge in [-0.2, -0.15) is 5.10 Å². The van der Waals surface area contributed by atoms with Crippen molar-refractivity contribution in [2.45, 2.75) is 12.5 Å². The SMILES string of the molecule is Cn1cc(C#Cc2cc(NC(N)=O)c(C(=O)NC3CCNC3)s2)cn1. The average molecular weight is 358 g/mol. The van der Waals surface area contributed by atoms with Crippen LogP contribution in [-0.4, -0.2) is 40.9 Å². The number of nitrogens with zero attached hydrogens (tertiary/aromatic N) is 2. The van der Waals surface area contributed by atoms with Gasteiger partial charge in [0.2, 0.25) is 0 Å². The second-order valence-corrected chi connectivity index (χ2v) is 6.71. The molecule has 1 atom stereocenters. The molecule has 0 saturated carbocycles. The van der Waals surface area contributed by atoms with Gasteiger partial charge in [-0.05, 0) is 19.0 Å². The van der Waals surface area contributed by atoms with Crippen LogP contribution in [-0.2, 0) is 7.05 Å². The molecule has 5 N–H and O–H groups in total. The molecule has 1 unspecified atom stereocenters. The standard InChI is InChI=1S/C16H18N6O2S/c1-22-9-10(7-19-22)2-3-12-6-13(21-16(17)24)14(25-12)15(23)20-11-4-5-18-8-11/h6-7,9,11,18H,4-5,8H2,1H3,(H,20,23)(H3,17,21,24). The van der Waals surface area contributed by atoms with Gasteiger partial charge in [0.25, 0.3) is 5.91 Å². The zero-order chi connectivity index (χ0) is 17.8. The molecule has 0 aliphatic carbocycles. The van der Waals surface area contributed by atoms with Gasteiger partial charge in [-0.1, -0.05) is 11.8 Å². The molecule has 25 heavy (non-hydrogen) atoms. The van der Waals surface area contributed by atoms with Crippen LogP contribution in [0.3, 0.4) is 0 Å². The number of carbonyl (C=O) groups excluding carboxylic acids is 2. The van der Waals surface area contributed by atoms with Gasteiger partial charge in [-0.15, -0.1) is 11.3 Å². The van der Waals surface area contributed by atoms with E-state index in [1.165, 1.54) is 11.3 Å². The summed E-state index contributed by atoms with van der Waals surface area (Å²) in [5.74, 6) is 5.73. The van der Waals surface area contributed by atoms with Crippen LogP contribution in [0.15, 0.2) is 18.5 Å². The lowest BCUT2D eigenvalue weighted by molar-refractivity contribution is 0.0945. The molecule has 2 aromatic heterocycles. The largest absolute Gasteiger partial charge is 0.351 e. The molecule has 0 radical (unpaired) electrons. The van der Waals surface area contributed by atoms with E-state index in [2.05, 4.69) is 32.9 Å². The summed E-state index contributed by atoms with van der Waals surface area (Å²) in [5, 5.41) is 12.7. The molecule has 1 aliphatic rings. The van der Waals surface area contributed by atoms with Gasteiger partial charge in [0.1, 0.15) is 4.88 Å². The summed E-state index contributed by atoms with van der Waals surface area (Å²) in [7, 11) is 1.81. The van der Waals surface area contributed by atoms with Crippen molar-refractivity contribution in [1.82, 2.24) is 20.4 Å². The number of primary amides is 1. The third-order valence-corrected chi connectivity index (χ3v) is 4.68. The summed E-state index contributed by atoms with van der Waals surface area (Å²) in [6.45, 7) is 1.62. The molecule has 130 valence electrons. The van der Waals surface area contributed by atoms with E-state index in [1.807, 2.05) is 7.05 Å². The first-order chi connectivity index (χ1) is 12.0. The monoisotopic (exact) mass is 358 g/mol. The maximum atomic E-state index is 12.5. The number of hydrogen-bond donors (Lipinski definition) is 4. The van der Waals surface area contributed by atoms with Crippen LogP contribution in [0.1, 0.15) is 26.5 Å². The summed E-state index contributed by atoms with van der Waals surface area (Å²) in [4.78, 5) is 24.8. The van der Waals surface area contributed by atoms with Crippen molar-refractivity contribution in [3.05, 3.63) is 33.8 Å². The fourth-order valence-electron chi connectivity index (χ4n) is 2.50. The summed E-state index contributed by atoms with van der Waals surface area (Å²) in [5.41, 5.74) is 6.34. The summed E-state index contributed by atoms with van der Waals surface area (Å²) in [6, 6.07) is 1.02. The number of rotatable bonds is 3. The Labute approximate surface area is 148 Å². The van der Waals surface area contributed by atoms with Crippen LogP contribution in [0, 0.1) is 11.8 Å². The molecular formula is C16H18N6O2S. The highest BCUT2D eigenvalue weighted by Crippen LogP contribution is 2.27. The summed E-state index contributed by atoms with van der Waals surface area (Å²) in [6.07, 6.45) is 4.33. The van der Waals surface area contributed by atoms with Gasteiger partial charge in [0.15, 0.2) is 0 Å². The molecule has 3 amide bonds. The number of nitrogens with one attached hydrogen (secondary N) is 3. The molecule has 8 nitrogen and oxygen atoms in total. The number of aryl methyl sites for hydroxylation is 1. The van der Waals surface area contributed by atoms with Crippen molar-refractivity contribution in [1.29, 1.82) is 0 Å². The number of aromatic nitrogens is 2. The Kier molecular flexibility index (Phi) is 5.02. The van der Waals surface area contributed by atoms with E-state index < -0.39 is 6.03 Å². The molecular weight excluding hydrogens is 340 g/mol. The molecule has 0 bridgehead atoms. The van der Waals surface area contributed by atoms with Crippen molar-refractivity contribution >= 4 is 29.0 Å². The Morgan fingerprint density at radius 2 is 2.32 bits per heavy atom. The maximum Gasteiger partial charge on any atom is 0.316 e. The van der Waals surface area contributed by atoms with E-state index in [-0.39, 0.29) is 11.9 Å². The molecule has 1 fully saturated rings. The van der Waals surface area contributed by atoms with Crippen molar-refractivity contribution in [3.63, 3.8) is 0 Å². The highest BCUT2D eigenvalue weighted by Gasteiger charge is 2.22. The number of anilines is 1. The molecule has 1 aliphatic heterocycles. The van der Waals surface area contributed by atoms with E-state index in [0.717, 1.165) is 25.1 Å². The van der Waals surface area contributed by atoms with Crippen LogP contribution in [0.2, 0.25) is 0 Å². The fourth-order valence-corrected chi connectivity index (χ4v) is 3.37. The van der Waals surface area contributed by atoms with Gasteiger partial charge < -0.3 is 21.7 Å². The third kappa shape index (κ3) is 4.37. The van der Waals surface area contributed by atoms with E-state index >= 15 is 0 Å². The topological polar surface area (TPSA) is 114 Å². The zero-order valence-electron chi connectivity index (χ0n) is 13.6. The number of carbonyl (C=O) groups is 2. The van der Waals surface area contributed by atoms with Gasteiger partial charge in [0, 0.05) is 25.8 Å². The van der Waals surface area contributed by atoms with E-state index in [0.29, 0.717) is 15.4 Å². The Morgan fingerprint density at radius 3 is 2.96 bits per heavy atom. The van der Waals surface area contributed by atoms with Gasteiger partial charge in [-0.3, -0.25) is 9.48 Å². The minimum absolute atomic E-state index is 0.0842. The van der Waals surface area contributed by atoms with Crippen LogP contribution in [0.5, 0.6) is 0 Å². The Bertz CT molecular complexity index is 854. The first kappa shape index (κ1) is 17.0. The Balaban J connectivity index is 1.82. The van der Waals surface area contributed by atoms with E-state index in [9.17, 15) is 9.59 Å². The number of urea groups is 1. The number of hydrogen-bond acceptors (Lipinski definition) is 5. The van der Waals surface area contributed by atoms with E-state index in [1.54, 1.807) is 23.1 Å². The highest BCUT2D eigenvalue weighted by atomic mass is 32.1. The maximum absolute atomic E-state index is 12.5. The average Bonchev–Trinajstić information content (AvgIpc) is 3.26. The van der Waals surface area contributed by atoms with Gasteiger partial charge in [-0.25, -0.2) is 4.79 Å². The van der Waals surface area contributed by atoms with Crippen LogP contribution >= 0.6 is 11.3 Å². The molecule has 0 spiro atoms. The van der Waals surface area contributed by atoms with Crippen molar-refractivity contribution < 1.29 is 9.59 Å². The molecule has 9 heteroatoms. The Hall–Kier alpha value is -2.83. The predicted molar refractivity (Wildman–Crippen MR) is 95.5 cm³/mol. The predicted octanol–water partition coefficient (Wildman–Crippen LogP) is 0.464. The minimum atomic E-state index is -0.721. The van der Waals surface area contributed by atoms with Crippen LogP contribution < -0.4 is 21.7 Å². The summed E-state index contributed by atoms with van der Waals surface area (Å²) >= 11 is 1.22. The Morgan fingerprint density at radius 1 is 1.48 bits per heavy atom. The third-order valence-electron chi connectivity index (χ3n) is 3.63. The summed E-state index contributed by atoms with van der Waals surface area (Å²) < 4.78 is 1.66. The molecule has 3 rings (SSSR count). The number of amides is 3. The molecule has 0 aromatic carbocycles. The van der Waals surface area contributed by atoms with Gasteiger partial charge >= 0.3 is 6.03 Å². The van der Waals surface area contributed by atoms with Crippen molar-refractivity contribution in [2.75, 3.05) is 18.4 Å². The van der Waals surface area contributed by atoms with Crippen molar-refractivity contribution in [2.24, 2.45) is 12.8 Å². The van der Waals surface area contributed by atoms with Crippen molar-refractivity contribution in [3.8, 4) is 11.8 Å². The lowest BCUT2D eigenvalue weighted by Gasteiger charge is -2.11. The molecule has 2 aromatic rings. The highest BCUT2D eigenvalue weighted by molar-refractivity contribution is 7.15. The van der Waals surface area contributed by atoms with Gasteiger partial charge in [0.05, 0.1) is 22.3 Å². The fraction of sp³-hybridized carbons (Fsp3) is 0.312. The normalized spacial score (nSPS) is 16.1. The zero-order valence-corrected chi connectivity index (χ0v) is 14.4. The first-order valence-electron chi connectivity index (χ1n) is 7.74. The molecule has 3 heterocycles. The lowest BCUT2D eigenvalue weighted by Crippen LogP contribution is -2.36. The smallest absolute Gasteiger partial charge is 0.316 e. The minimum Gasteiger partial charge on any atom is -0.351 e. The second kappa shape index (κ2) is 7.38.